The van der Waals surface area contributed by atoms with Gasteiger partial charge in [0.1, 0.15) is 5.82 Å². The predicted octanol–water partition coefficient (Wildman–Crippen LogP) is 2.27. The van der Waals surface area contributed by atoms with Gasteiger partial charge in [-0.15, -0.1) is 0 Å². The van der Waals surface area contributed by atoms with E-state index < -0.39 is 11.7 Å². The van der Waals surface area contributed by atoms with Crippen LogP contribution >= 0.6 is 0 Å². The van der Waals surface area contributed by atoms with Gasteiger partial charge in [-0.05, 0) is 35.4 Å². The molecule has 2 aromatic rings. The summed E-state index contributed by atoms with van der Waals surface area (Å²) >= 11 is 0. The second-order valence-corrected chi connectivity index (χ2v) is 6.26. The number of anilines is 1. The summed E-state index contributed by atoms with van der Waals surface area (Å²) < 4.78 is 13.6. The molecule has 1 aromatic heterocycles. The molecule has 4 rings (SSSR count). The number of carbonyl (C=O) groups is 2. The predicted molar refractivity (Wildman–Crippen MR) is 85.9 cm³/mol. The van der Waals surface area contributed by atoms with Gasteiger partial charge in [0.15, 0.2) is 0 Å². The molecule has 1 saturated heterocycles. The van der Waals surface area contributed by atoms with Gasteiger partial charge in [0.25, 0.3) is 0 Å². The summed E-state index contributed by atoms with van der Waals surface area (Å²) in [6, 6.07) is 8.02. The molecule has 0 radical (unpaired) electrons. The highest BCUT2D eigenvalue weighted by atomic mass is 19.1. The van der Waals surface area contributed by atoms with Crippen molar-refractivity contribution < 1.29 is 14.0 Å². The number of hydrogen-bond acceptors (Lipinski definition) is 3. The van der Waals surface area contributed by atoms with Gasteiger partial charge in [0, 0.05) is 43.5 Å². The van der Waals surface area contributed by atoms with Crippen molar-refractivity contribution in [3.63, 3.8) is 0 Å². The number of pyridine rings is 1. The molecule has 1 atom stereocenters. The lowest BCUT2D eigenvalue weighted by Gasteiger charge is -2.42. The van der Waals surface area contributed by atoms with Crippen molar-refractivity contribution in [2.75, 3.05) is 18.4 Å². The fourth-order valence-electron chi connectivity index (χ4n) is 3.36. The number of hydrogen-bond donors (Lipinski definition) is 1. The van der Waals surface area contributed by atoms with E-state index in [0.717, 1.165) is 5.56 Å². The van der Waals surface area contributed by atoms with E-state index in [1.54, 1.807) is 11.1 Å². The number of halogens is 1. The van der Waals surface area contributed by atoms with Crippen LogP contribution in [0.2, 0.25) is 0 Å². The Labute approximate surface area is 138 Å². The smallest absolute Gasteiger partial charge is 0.230 e. The summed E-state index contributed by atoms with van der Waals surface area (Å²) in [5.41, 5.74) is 2.19. The minimum atomic E-state index is -0.612. The van der Waals surface area contributed by atoms with E-state index in [4.69, 9.17) is 0 Å². The molecule has 0 aliphatic carbocycles. The second-order valence-electron chi connectivity index (χ2n) is 6.26. The zero-order valence-electron chi connectivity index (χ0n) is 12.9. The zero-order chi connectivity index (χ0) is 16.7. The van der Waals surface area contributed by atoms with Gasteiger partial charge in [-0.1, -0.05) is 6.07 Å². The van der Waals surface area contributed by atoms with Gasteiger partial charge in [0.2, 0.25) is 11.8 Å². The first-order valence-electron chi connectivity index (χ1n) is 7.90. The quantitative estimate of drug-likeness (QED) is 0.921. The standard InChI is InChI=1S/C18H16FN3O2/c19-13-3-4-16-14(6-13)15(7-17(23)21-16)18(24)22-9-12(10-22)11-2-1-5-20-8-11/h1-6,8,12,15H,7,9-10H2,(H,21,23)/t15-/m1/s1. The van der Waals surface area contributed by atoms with Crippen LogP contribution in [-0.4, -0.2) is 34.8 Å². The molecule has 1 fully saturated rings. The Morgan fingerprint density at radius 3 is 2.88 bits per heavy atom. The topological polar surface area (TPSA) is 62.3 Å². The molecule has 0 unspecified atom stereocenters. The largest absolute Gasteiger partial charge is 0.341 e. The summed E-state index contributed by atoms with van der Waals surface area (Å²) in [6.45, 7) is 1.21. The number of nitrogens with zero attached hydrogens (tertiary/aromatic N) is 2. The molecule has 2 aliphatic heterocycles. The number of benzene rings is 1. The maximum absolute atomic E-state index is 13.6. The monoisotopic (exact) mass is 325 g/mol. The van der Waals surface area contributed by atoms with Crippen LogP contribution in [0.3, 0.4) is 0 Å². The number of nitrogens with one attached hydrogen (secondary N) is 1. The van der Waals surface area contributed by atoms with E-state index in [2.05, 4.69) is 10.3 Å². The van der Waals surface area contributed by atoms with Gasteiger partial charge in [-0.3, -0.25) is 14.6 Å². The van der Waals surface area contributed by atoms with E-state index in [-0.39, 0.29) is 24.2 Å². The van der Waals surface area contributed by atoms with Gasteiger partial charge >= 0.3 is 0 Å². The molecule has 122 valence electrons. The van der Waals surface area contributed by atoms with Crippen LogP contribution in [0.25, 0.3) is 0 Å². The number of likely N-dealkylation sites (tertiary alicyclic amines) is 1. The lowest BCUT2D eigenvalue weighted by atomic mass is 9.86. The maximum Gasteiger partial charge on any atom is 0.230 e. The first-order chi connectivity index (χ1) is 11.6. The molecule has 2 amide bonds. The Kier molecular flexibility index (Phi) is 3.52. The molecule has 2 aliphatic rings. The van der Waals surface area contributed by atoms with Gasteiger partial charge in [0.05, 0.1) is 5.92 Å². The average molecular weight is 325 g/mol. The SMILES string of the molecule is O=C1C[C@@H](C(=O)N2CC(c3cccnc3)C2)c2cc(F)ccc2N1. The number of rotatable bonds is 2. The van der Waals surface area contributed by atoms with E-state index in [0.29, 0.717) is 24.3 Å². The van der Waals surface area contributed by atoms with Crippen molar-refractivity contribution in [2.24, 2.45) is 0 Å². The summed E-state index contributed by atoms with van der Waals surface area (Å²) in [6.07, 6.45) is 3.59. The van der Waals surface area contributed by atoms with Crippen molar-refractivity contribution in [1.82, 2.24) is 9.88 Å². The Morgan fingerprint density at radius 2 is 2.12 bits per heavy atom. The summed E-state index contributed by atoms with van der Waals surface area (Å²) in [5, 5.41) is 2.70. The maximum atomic E-state index is 13.6. The number of aromatic nitrogens is 1. The fraction of sp³-hybridized carbons (Fsp3) is 0.278. The van der Waals surface area contributed by atoms with Crippen molar-refractivity contribution in [3.05, 3.63) is 59.7 Å². The van der Waals surface area contributed by atoms with Crippen LogP contribution in [0.1, 0.15) is 29.4 Å². The Bertz CT molecular complexity index is 803. The van der Waals surface area contributed by atoms with Gasteiger partial charge in [-0.2, -0.15) is 0 Å². The second kappa shape index (κ2) is 5.70. The van der Waals surface area contributed by atoms with Crippen LogP contribution in [0.15, 0.2) is 42.7 Å². The van der Waals surface area contributed by atoms with Crippen LogP contribution in [0.4, 0.5) is 10.1 Å². The third kappa shape index (κ3) is 2.54. The normalized spacial score (nSPS) is 20.1. The molecule has 6 heteroatoms. The van der Waals surface area contributed by atoms with E-state index in [9.17, 15) is 14.0 Å². The molecule has 0 spiro atoms. The highest BCUT2D eigenvalue weighted by Gasteiger charge is 2.39. The number of amides is 2. The molecule has 1 N–H and O–H groups in total. The fourth-order valence-corrected chi connectivity index (χ4v) is 3.36. The molecule has 3 heterocycles. The first kappa shape index (κ1) is 14.8. The van der Waals surface area contributed by atoms with Crippen molar-refractivity contribution in [1.29, 1.82) is 0 Å². The van der Waals surface area contributed by atoms with Crippen molar-refractivity contribution in [3.8, 4) is 0 Å². The van der Waals surface area contributed by atoms with Crippen LogP contribution in [0, 0.1) is 5.82 Å². The Balaban J connectivity index is 1.52. The Hall–Kier alpha value is -2.76. The minimum absolute atomic E-state index is 0.0589. The number of fused-ring (bicyclic) bond motifs is 1. The molecule has 0 bridgehead atoms. The van der Waals surface area contributed by atoms with E-state index in [1.807, 2.05) is 18.3 Å². The molecule has 24 heavy (non-hydrogen) atoms. The van der Waals surface area contributed by atoms with Gasteiger partial charge in [-0.25, -0.2) is 4.39 Å². The molecule has 5 nitrogen and oxygen atoms in total. The zero-order valence-corrected chi connectivity index (χ0v) is 12.9. The molecule has 1 aromatic carbocycles. The highest BCUT2D eigenvalue weighted by molar-refractivity contribution is 6.01. The average Bonchev–Trinajstić information content (AvgIpc) is 2.54. The summed E-state index contributed by atoms with van der Waals surface area (Å²) in [5.74, 6) is -1.07. The van der Waals surface area contributed by atoms with E-state index >= 15 is 0 Å². The molecular weight excluding hydrogens is 309 g/mol. The van der Waals surface area contributed by atoms with Gasteiger partial charge < -0.3 is 10.2 Å². The lowest BCUT2D eigenvalue weighted by Crippen LogP contribution is -2.51. The summed E-state index contributed by atoms with van der Waals surface area (Å²) in [4.78, 5) is 30.5. The highest BCUT2D eigenvalue weighted by Crippen LogP contribution is 2.37. The van der Waals surface area contributed by atoms with Crippen LogP contribution < -0.4 is 5.32 Å². The lowest BCUT2D eigenvalue weighted by molar-refractivity contribution is -0.139. The van der Waals surface area contributed by atoms with Crippen molar-refractivity contribution in [2.45, 2.75) is 18.3 Å². The third-order valence-electron chi connectivity index (χ3n) is 4.70. The van der Waals surface area contributed by atoms with E-state index in [1.165, 1.54) is 18.2 Å². The first-order valence-corrected chi connectivity index (χ1v) is 7.90. The van der Waals surface area contributed by atoms with Crippen LogP contribution in [0.5, 0.6) is 0 Å². The van der Waals surface area contributed by atoms with Crippen LogP contribution in [-0.2, 0) is 9.59 Å². The Morgan fingerprint density at radius 1 is 1.29 bits per heavy atom. The molecule has 0 saturated carbocycles. The summed E-state index contributed by atoms with van der Waals surface area (Å²) in [7, 11) is 0. The minimum Gasteiger partial charge on any atom is -0.341 e. The number of carbonyl (C=O) groups excluding carboxylic acids is 2. The molecular formula is C18H16FN3O2. The van der Waals surface area contributed by atoms with Crippen molar-refractivity contribution >= 4 is 17.5 Å². The third-order valence-corrected chi connectivity index (χ3v) is 4.70.